The van der Waals surface area contributed by atoms with Crippen LogP contribution in [0.1, 0.15) is 88.4 Å². The summed E-state index contributed by atoms with van der Waals surface area (Å²) in [5.74, 6) is -1.21. The van der Waals surface area contributed by atoms with Gasteiger partial charge in [-0.1, -0.05) is 17.7 Å². The molecule has 0 spiro atoms. The van der Waals surface area contributed by atoms with E-state index in [0.29, 0.717) is 34.4 Å². The number of benzene rings is 8. The smallest absolute Gasteiger partial charge is 0.454 e. The number of carbonyl (C=O) groups is 8. The molecule has 12 rings (SSSR count). The number of aryl methyl sites for hydroxylation is 1. The van der Waals surface area contributed by atoms with Gasteiger partial charge < -0.3 is 23.1 Å². The number of hydrogen-bond acceptors (Lipinski definition) is 13. The molecule has 0 aromatic heterocycles. The molecule has 78 heavy (non-hydrogen) atoms. The van der Waals surface area contributed by atoms with Crippen LogP contribution in [0.3, 0.4) is 0 Å². The molecule has 0 unspecified atom stereocenters. The van der Waals surface area contributed by atoms with Crippen LogP contribution in [-0.4, -0.2) is 67.8 Å². The van der Waals surface area contributed by atoms with E-state index < -0.39 is 55.8 Å². The lowest BCUT2D eigenvalue weighted by atomic mass is 10.1. The quantitative estimate of drug-likeness (QED) is 0.0782. The number of amides is 8. The Labute approximate surface area is 445 Å². The van der Waals surface area contributed by atoms with Crippen molar-refractivity contribution >= 4 is 72.9 Å². The van der Waals surface area contributed by atoms with Crippen LogP contribution in [0.25, 0.3) is 0 Å². The third-order valence-electron chi connectivity index (χ3n) is 13.4. The molecule has 8 aromatic carbocycles. The number of hydrogen-bond donors (Lipinski definition) is 0. The molecular formula is C60H40N4O13Si. The summed E-state index contributed by atoms with van der Waals surface area (Å²) in [6.07, 6.45) is 0. The predicted molar refractivity (Wildman–Crippen MR) is 285 cm³/mol. The minimum atomic E-state index is -2.66. The molecule has 4 heterocycles. The fourth-order valence-electron chi connectivity index (χ4n) is 9.55. The van der Waals surface area contributed by atoms with E-state index in [9.17, 15) is 38.4 Å². The summed E-state index contributed by atoms with van der Waals surface area (Å²) >= 11 is 0. The Bertz CT molecular complexity index is 3950. The molecule has 0 saturated carbocycles. The zero-order valence-electron chi connectivity index (χ0n) is 41.8. The molecular weight excluding hydrogens is 1010 g/mol. The van der Waals surface area contributed by atoms with Crippen molar-refractivity contribution < 1.29 is 61.4 Å². The van der Waals surface area contributed by atoms with Crippen molar-refractivity contribution in [3.05, 3.63) is 220 Å². The molecule has 0 N–H and O–H groups in total. The Kier molecular flexibility index (Phi) is 11.5. The van der Waals surface area contributed by atoms with E-state index in [-0.39, 0.29) is 73.2 Å². The highest BCUT2D eigenvalue weighted by Crippen LogP contribution is 2.39. The largest absolute Gasteiger partial charge is 0.512 e. The highest BCUT2D eigenvalue weighted by atomic mass is 28.4. The first-order chi connectivity index (χ1) is 37.5. The molecule has 8 amide bonds. The van der Waals surface area contributed by atoms with Crippen molar-refractivity contribution in [1.29, 1.82) is 0 Å². The molecule has 18 heteroatoms. The fraction of sp³-hybridized carbons (Fsp3) is 0.0667. The van der Waals surface area contributed by atoms with Crippen LogP contribution in [0, 0.1) is 6.92 Å². The molecule has 4 aliphatic heterocycles. The van der Waals surface area contributed by atoms with E-state index >= 15 is 0 Å². The van der Waals surface area contributed by atoms with Crippen molar-refractivity contribution in [1.82, 2.24) is 4.90 Å². The fourth-order valence-corrected chi connectivity index (χ4v) is 11.0. The number of fused-ring (bicyclic) bond motifs is 4. The summed E-state index contributed by atoms with van der Waals surface area (Å²) in [4.78, 5) is 111. The summed E-state index contributed by atoms with van der Waals surface area (Å²) in [5, 5.41) is 0. The highest BCUT2D eigenvalue weighted by molar-refractivity contribution is 6.66. The molecule has 17 nitrogen and oxygen atoms in total. The SMILES string of the molecule is Cc1ccc(O[Si](C)(C)Oc2ccc(N3C(=O)c4ccc(Oc5ccc6c(c5)C(=O)N(c5ccc(Oc7ccc(N8C(=O)c9ccc(Oc%10ccc%11c(c%10)C(=O)N(C)C%11=O)cc9C8=O)cc7)cc5)C6=O)cc4C3=O)cc2)cc1. The predicted octanol–water partition coefficient (Wildman–Crippen LogP) is 11.2. The van der Waals surface area contributed by atoms with E-state index in [0.717, 1.165) is 25.2 Å². The van der Waals surface area contributed by atoms with Gasteiger partial charge in [-0.05, 0) is 165 Å². The number of ether oxygens (including phenoxy) is 3. The van der Waals surface area contributed by atoms with E-state index in [2.05, 4.69) is 0 Å². The second-order valence-electron chi connectivity index (χ2n) is 19.0. The van der Waals surface area contributed by atoms with Crippen LogP contribution < -0.4 is 37.8 Å². The van der Waals surface area contributed by atoms with Crippen molar-refractivity contribution in [3.8, 4) is 46.0 Å². The Morgan fingerprint density at radius 1 is 0.295 bits per heavy atom. The average molecular weight is 1050 g/mol. The van der Waals surface area contributed by atoms with Gasteiger partial charge in [-0.25, -0.2) is 14.7 Å². The second-order valence-corrected chi connectivity index (χ2v) is 22.2. The third kappa shape index (κ3) is 8.47. The highest BCUT2D eigenvalue weighted by Gasteiger charge is 2.41. The van der Waals surface area contributed by atoms with E-state index in [1.165, 1.54) is 67.7 Å². The van der Waals surface area contributed by atoms with E-state index in [1.54, 1.807) is 84.9 Å². The van der Waals surface area contributed by atoms with Crippen molar-refractivity contribution in [2.45, 2.75) is 20.0 Å². The first-order valence-corrected chi connectivity index (χ1v) is 27.1. The topological polar surface area (TPSA) is 196 Å². The second kappa shape index (κ2) is 18.4. The lowest BCUT2D eigenvalue weighted by molar-refractivity contribution is 0.0690. The van der Waals surface area contributed by atoms with Gasteiger partial charge in [-0.15, -0.1) is 0 Å². The standard InChI is InChI=1S/C60H40N4O13Si/c1-33-5-13-39(14-6-33)76-78(3,4)77-40-19-11-36(12-20-40)64-57(69)48-28-24-44(32-52(48)60(64)72)75-43-23-27-47-51(31-43)59(71)63(56(47)68)35-9-17-38(18-10-35)73-37-15-7-34(8-16-37)62-55(67)46-26-22-42(30-50(46)58(62)70)74-41-21-25-45-49(29-41)54(66)61(2)53(45)65/h5-32H,1-4H3. The van der Waals surface area contributed by atoms with Gasteiger partial charge in [0.2, 0.25) is 0 Å². The van der Waals surface area contributed by atoms with Crippen molar-refractivity contribution in [2.24, 2.45) is 0 Å². The molecule has 0 bridgehead atoms. The van der Waals surface area contributed by atoms with Crippen LogP contribution in [0.5, 0.6) is 46.0 Å². The molecule has 4 aliphatic rings. The lowest BCUT2D eigenvalue weighted by Gasteiger charge is -2.25. The first-order valence-electron chi connectivity index (χ1n) is 24.3. The van der Waals surface area contributed by atoms with Gasteiger partial charge in [0.05, 0.1) is 61.6 Å². The molecule has 0 saturated heterocycles. The van der Waals surface area contributed by atoms with Gasteiger partial charge in [0.25, 0.3) is 47.3 Å². The van der Waals surface area contributed by atoms with Crippen LogP contribution in [-0.2, 0) is 0 Å². The molecule has 0 radical (unpaired) electrons. The van der Waals surface area contributed by atoms with Gasteiger partial charge in [0.15, 0.2) is 0 Å². The molecule has 0 atom stereocenters. The summed E-state index contributed by atoms with van der Waals surface area (Å²) in [6.45, 7) is 5.83. The first kappa shape index (κ1) is 48.5. The van der Waals surface area contributed by atoms with Crippen molar-refractivity contribution in [2.75, 3.05) is 21.7 Å². The number of carbonyl (C=O) groups excluding carboxylic acids is 8. The zero-order valence-corrected chi connectivity index (χ0v) is 42.8. The summed E-state index contributed by atoms with van der Waals surface area (Å²) in [6, 6.07) is 44.9. The van der Waals surface area contributed by atoms with Crippen LogP contribution in [0.2, 0.25) is 13.1 Å². The van der Waals surface area contributed by atoms with E-state index in [4.69, 9.17) is 23.1 Å². The van der Waals surface area contributed by atoms with Crippen molar-refractivity contribution in [3.63, 3.8) is 0 Å². The Morgan fingerprint density at radius 3 is 0.885 bits per heavy atom. The van der Waals surface area contributed by atoms with Gasteiger partial charge >= 0.3 is 8.56 Å². The summed E-state index contributed by atoms with van der Waals surface area (Å²) < 4.78 is 30.4. The van der Waals surface area contributed by atoms with Crippen LogP contribution >= 0.6 is 0 Å². The zero-order chi connectivity index (χ0) is 54.3. The summed E-state index contributed by atoms with van der Waals surface area (Å²) in [7, 11) is -1.27. The third-order valence-corrected chi connectivity index (χ3v) is 14.8. The molecule has 0 fully saturated rings. The normalized spacial score (nSPS) is 14.5. The Balaban J connectivity index is 0.667. The Morgan fingerprint density at radius 2 is 0.538 bits per heavy atom. The number of anilines is 3. The van der Waals surface area contributed by atoms with Gasteiger partial charge in [0, 0.05) is 20.1 Å². The maximum absolute atomic E-state index is 13.8. The maximum Gasteiger partial charge on any atom is 0.454 e. The summed E-state index contributed by atoms with van der Waals surface area (Å²) in [5.41, 5.74) is 3.40. The Hall–Kier alpha value is -10.5. The number of nitrogens with zero attached hydrogens (tertiary/aromatic N) is 4. The van der Waals surface area contributed by atoms with Crippen LogP contribution in [0.15, 0.2) is 170 Å². The number of imide groups is 4. The van der Waals surface area contributed by atoms with Gasteiger partial charge in [-0.3, -0.25) is 43.3 Å². The van der Waals surface area contributed by atoms with Gasteiger partial charge in [-0.2, -0.15) is 0 Å². The van der Waals surface area contributed by atoms with E-state index in [1.807, 2.05) is 44.3 Å². The number of rotatable bonds is 13. The molecule has 8 aromatic rings. The molecule has 382 valence electrons. The average Bonchev–Trinajstić information content (AvgIpc) is 4.22. The van der Waals surface area contributed by atoms with Gasteiger partial charge in [0.1, 0.15) is 46.0 Å². The van der Waals surface area contributed by atoms with Crippen LogP contribution in [0.4, 0.5) is 17.1 Å². The monoisotopic (exact) mass is 1050 g/mol. The minimum absolute atomic E-state index is 0.102. The lowest BCUT2D eigenvalue weighted by Crippen LogP contribution is -2.41. The minimum Gasteiger partial charge on any atom is -0.512 e. The molecule has 0 aliphatic carbocycles. The maximum atomic E-state index is 13.8.